The van der Waals surface area contributed by atoms with Crippen molar-refractivity contribution in [3.63, 3.8) is 0 Å². The molecule has 21 heavy (non-hydrogen) atoms. The van der Waals surface area contributed by atoms with Crippen molar-refractivity contribution in [2.75, 3.05) is 13.7 Å². The minimum Gasteiger partial charge on any atom is -0.493 e. The molecule has 1 aromatic rings. The maximum Gasteiger partial charge on any atom is 0.309 e. The van der Waals surface area contributed by atoms with Crippen molar-refractivity contribution in [3.05, 3.63) is 24.3 Å². The first-order valence-corrected chi connectivity index (χ1v) is 7.59. The quantitative estimate of drug-likeness (QED) is 0.704. The third kappa shape index (κ3) is 4.66. The number of carbonyl (C=O) groups is 1. The van der Waals surface area contributed by atoms with Gasteiger partial charge >= 0.3 is 5.97 Å². The number of rotatable bonds is 10. The van der Waals surface area contributed by atoms with Crippen molar-refractivity contribution in [2.45, 2.75) is 46.0 Å². The zero-order valence-corrected chi connectivity index (χ0v) is 13.2. The van der Waals surface area contributed by atoms with Gasteiger partial charge < -0.3 is 14.6 Å². The number of carboxylic acid groups (broad SMARTS) is 1. The molecular weight excluding hydrogens is 268 g/mol. The summed E-state index contributed by atoms with van der Waals surface area (Å²) in [4.78, 5) is 11.6. The van der Waals surface area contributed by atoms with Gasteiger partial charge in [-0.15, -0.1) is 0 Å². The van der Waals surface area contributed by atoms with Crippen LogP contribution in [-0.2, 0) is 4.79 Å². The molecule has 4 heteroatoms. The molecular formula is C17H26O4. The first-order valence-electron chi connectivity index (χ1n) is 7.59. The van der Waals surface area contributed by atoms with E-state index in [-0.39, 0.29) is 0 Å². The van der Waals surface area contributed by atoms with Gasteiger partial charge in [-0.05, 0) is 31.4 Å². The molecule has 0 saturated heterocycles. The summed E-state index contributed by atoms with van der Waals surface area (Å²) in [5.41, 5.74) is -0.683. The molecule has 0 fully saturated rings. The summed E-state index contributed by atoms with van der Waals surface area (Å²) in [5.74, 6) is 0.608. The molecule has 0 aliphatic heterocycles. The second-order valence-electron chi connectivity index (χ2n) is 5.29. The highest BCUT2D eigenvalue weighted by Crippen LogP contribution is 2.34. The average Bonchev–Trinajstić information content (AvgIpc) is 2.51. The van der Waals surface area contributed by atoms with Crippen LogP contribution in [0.2, 0.25) is 0 Å². The van der Waals surface area contributed by atoms with E-state index in [4.69, 9.17) is 9.47 Å². The molecule has 0 amide bonds. The highest BCUT2D eigenvalue weighted by atomic mass is 16.5. The maximum atomic E-state index is 11.6. The summed E-state index contributed by atoms with van der Waals surface area (Å²) >= 11 is 0. The molecule has 0 bridgehead atoms. The molecule has 4 nitrogen and oxygen atoms in total. The topological polar surface area (TPSA) is 55.8 Å². The fourth-order valence-electron chi connectivity index (χ4n) is 2.45. The molecule has 0 saturated carbocycles. The molecule has 1 aromatic carbocycles. The predicted molar refractivity (Wildman–Crippen MR) is 83.0 cm³/mol. The second kappa shape index (κ2) is 8.55. The van der Waals surface area contributed by atoms with Crippen LogP contribution in [0, 0.1) is 5.41 Å². The first kappa shape index (κ1) is 17.3. The molecule has 1 N–H and O–H groups in total. The van der Waals surface area contributed by atoms with E-state index in [2.05, 4.69) is 6.92 Å². The summed E-state index contributed by atoms with van der Waals surface area (Å²) in [7, 11) is 1.59. The van der Waals surface area contributed by atoms with Gasteiger partial charge in [-0.1, -0.05) is 38.8 Å². The van der Waals surface area contributed by atoms with Crippen LogP contribution in [0.5, 0.6) is 11.5 Å². The van der Waals surface area contributed by atoms with Crippen molar-refractivity contribution >= 4 is 5.97 Å². The Kier molecular flexibility index (Phi) is 7.06. The standard InChI is InChI=1S/C17H26O4/c1-4-6-11-17(5-2,16(18)19)12-13-21-15-10-8-7-9-14(15)20-3/h7-10H,4-6,11-13H2,1-3H3,(H,18,19). The van der Waals surface area contributed by atoms with Crippen LogP contribution in [0.3, 0.4) is 0 Å². The molecule has 0 heterocycles. The van der Waals surface area contributed by atoms with E-state index in [0.717, 1.165) is 12.8 Å². The van der Waals surface area contributed by atoms with Crippen molar-refractivity contribution in [1.29, 1.82) is 0 Å². The zero-order valence-electron chi connectivity index (χ0n) is 13.2. The minimum atomic E-state index is -0.720. The summed E-state index contributed by atoms with van der Waals surface area (Å²) in [6.07, 6.45) is 3.76. The third-order valence-electron chi connectivity index (χ3n) is 4.05. The summed E-state index contributed by atoms with van der Waals surface area (Å²) in [6, 6.07) is 7.41. The van der Waals surface area contributed by atoms with E-state index in [0.29, 0.717) is 37.4 Å². The molecule has 1 rings (SSSR count). The lowest BCUT2D eigenvalue weighted by atomic mass is 9.77. The smallest absolute Gasteiger partial charge is 0.309 e. The number of para-hydroxylation sites is 2. The Labute approximate surface area is 127 Å². The molecule has 0 aromatic heterocycles. The Hall–Kier alpha value is -1.71. The van der Waals surface area contributed by atoms with E-state index < -0.39 is 11.4 Å². The number of hydrogen-bond acceptors (Lipinski definition) is 3. The zero-order chi connectivity index (χ0) is 15.7. The van der Waals surface area contributed by atoms with Crippen LogP contribution in [0.4, 0.5) is 0 Å². The lowest BCUT2D eigenvalue weighted by Gasteiger charge is -2.28. The van der Waals surface area contributed by atoms with Crippen molar-refractivity contribution in [3.8, 4) is 11.5 Å². The lowest BCUT2D eigenvalue weighted by Crippen LogP contribution is -2.32. The molecule has 0 spiro atoms. The molecule has 0 aliphatic rings. The lowest BCUT2D eigenvalue weighted by molar-refractivity contribution is -0.150. The van der Waals surface area contributed by atoms with Crippen LogP contribution in [-0.4, -0.2) is 24.8 Å². The van der Waals surface area contributed by atoms with Gasteiger partial charge in [0.1, 0.15) is 0 Å². The third-order valence-corrected chi connectivity index (χ3v) is 4.05. The van der Waals surface area contributed by atoms with Crippen molar-refractivity contribution in [2.24, 2.45) is 5.41 Å². The number of hydrogen-bond donors (Lipinski definition) is 1. The Morgan fingerprint density at radius 1 is 1.19 bits per heavy atom. The van der Waals surface area contributed by atoms with E-state index in [1.165, 1.54) is 0 Å². The first-order chi connectivity index (χ1) is 10.1. The minimum absolute atomic E-state index is 0.379. The SMILES string of the molecule is CCCCC(CC)(CCOc1ccccc1OC)C(=O)O. The number of unbranched alkanes of at least 4 members (excludes halogenated alkanes) is 1. The van der Waals surface area contributed by atoms with Gasteiger partial charge in [0, 0.05) is 0 Å². The number of methoxy groups -OCH3 is 1. The Balaban J connectivity index is 2.67. The molecule has 1 atom stereocenters. The number of benzene rings is 1. The monoisotopic (exact) mass is 294 g/mol. The van der Waals surface area contributed by atoms with Crippen LogP contribution >= 0.6 is 0 Å². The van der Waals surface area contributed by atoms with Crippen molar-refractivity contribution in [1.82, 2.24) is 0 Å². The van der Waals surface area contributed by atoms with Crippen LogP contribution in [0.25, 0.3) is 0 Å². The maximum absolute atomic E-state index is 11.6. The van der Waals surface area contributed by atoms with Gasteiger partial charge in [0.2, 0.25) is 0 Å². The van der Waals surface area contributed by atoms with Crippen LogP contribution in [0.1, 0.15) is 46.0 Å². The van der Waals surface area contributed by atoms with Gasteiger partial charge in [-0.25, -0.2) is 0 Å². The Morgan fingerprint density at radius 2 is 1.86 bits per heavy atom. The summed E-state index contributed by atoms with van der Waals surface area (Å²) in [6.45, 7) is 4.39. The van der Waals surface area contributed by atoms with E-state index in [9.17, 15) is 9.90 Å². The largest absolute Gasteiger partial charge is 0.493 e. The van der Waals surface area contributed by atoms with Gasteiger partial charge in [-0.2, -0.15) is 0 Å². The number of carboxylic acids is 1. The molecule has 0 aliphatic carbocycles. The van der Waals surface area contributed by atoms with E-state index in [1.807, 2.05) is 31.2 Å². The highest BCUT2D eigenvalue weighted by Gasteiger charge is 2.35. The fraction of sp³-hybridized carbons (Fsp3) is 0.588. The van der Waals surface area contributed by atoms with Gasteiger partial charge in [0.15, 0.2) is 11.5 Å². The highest BCUT2D eigenvalue weighted by molar-refractivity contribution is 5.74. The van der Waals surface area contributed by atoms with Gasteiger partial charge in [-0.3, -0.25) is 4.79 Å². The molecule has 0 radical (unpaired) electrons. The van der Waals surface area contributed by atoms with Crippen molar-refractivity contribution < 1.29 is 19.4 Å². The Morgan fingerprint density at radius 3 is 2.38 bits per heavy atom. The van der Waals surface area contributed by atoms with Gasteiger partial charge in [0.05, 0.1) is 19.1 Å². The predicted octanol–water partition coefficient (Wildman–Crippen LogP) is 4.14. The second-order valence-corrected chi connectivity index (χ2v) is 5.29. The molecule has 118 valence electrons. The average molecular weight is 294 g/mol. The summed E-state index contributed by atoms with van der Waals surface area (Å²) in [5, 5.41) is 9.57. The van der Waals surface area contributed by atoms with E-state index in [1.54, 1.807) is 7.11 Å². The van der Waals surface area contributed by atoms with Crippen LogP contribution in [0.15, 0.2) is 24.3 Å². The number of aliphatic carboxylic acids is 1. The van der Waals surface area contributed by atoms with Crippen LogP contribution < -0.4 is 9.47 Å². The number of ether oxygens (including phenoxy) is 2. The fourth-order valence-corrected chi connectivity index (χ4v) is 2.45. The van der Waals surface area contributed by atoms with Gasteiger partial charge in [0.25, 0.3) is 0 Å². The van der Waals surface area contributed by atoms with E-state index >= 15 is 0 Å². The normalized spacial score (nSPS) is 13.5. The Bertz CT molecular complexity index is 444. The summed E-state index contributed by atoms with van der Waals surface area (Å²) < 4.78 is 11.0. The molecule has 1 unspecified atom stereocenters.